The fourth-order valence-electron chi connectivity index (χ4n) is 6.30. The number of oxime groups is 1. The first-order valence-corrected chi connectivity index (χ1v) is 19.6. The maximum atomic E-state index is 13.8. The average molecular weight is 862 g/mol. The molecule has 24 heteroatoms. The highest BCUT2D eigenvalue weighted by Gasteiger charge is 2.66. The van der Waals surface area contributed by atoms with Crippen LogP contribution in [0.2, 0.25) is 5.02 Å². The number of hydrazone groups is 1. The summed E-state index contributed by atoms with van der Waals surface area (Å²) in [6.07, 6.45) is 6.28. The number of rotatable bonds is 16. The third-order valence-corrected chi connectivity index (χ3v) is 12.4. The molecule has 3 aromatic rings. The number of thioether (sulfide) groups is 1. The number of ketones is 1. The van der Waals surface area contributed by atoms with E-state index in [2.05, 4.69) is 20.6 Å². The Kier molecular flexibility index (Phi) is 11.6. The summed E-state index contributed by atoms with van der Waals surface area (Å²) < 4.78 is 3.54. The number of hydrogen-bond acceptors (Lipinski definition) is 15. The molecule has 308 valence electrons. The smallest absolute Gasteiger partial charge is 0.350 e. The van der Waals surface area contributed by atoms with Crippen LogP contribution in [-0.2, 0) is 37.1 Å². The molecular formula is C34H38ClN10O11S2+. The van der Waals surface area contributed by atoms with E-state index in [4.69, 9.17) is 22.2 Å². The van der Waals surface area contributed by atoms with E-state index in [0.29, 0.717) is 6.54 Å². The third-order valence-electron chi connectivity index (χ3n) is 9.57. The number of aliphatic carboxylic acids is 2. The van der Waals surface area contributed by atoms with Gasteiger partial charge in [0.1, 0.15) is 31.2 Å². The van der Waals surface area contributed by atoms with Gasteiger partial charge in [-0.3, -0.25) is 19.3 Å². The molecule has 6 rings (SSSR count). The number of carboxylic acids is 2. The standard InChI is InChI=1S/C34H37ClN10O11S2/c1-17-13-44(32(55)45(17)38-7-9-42-11-10-41(16-42)8-6-37-26(49)18-4-5-21(46)25(48)23(18)35)34(30(53)54)15-43-27(50)19(28(43)58-34)12-22(47)24(20-14-57-31(36)39-20)40-56-33(2,3)29(51)52/h4-5,7,10-11,14,16-17,19,28H,6,8-9,12-13,15H2,1-3H3,(H6-,36,37,39,40,46,47,48,49,51,52,53,54)/p+1/b38-7+/t17-,19+,28+,34?/m0/s1. The Morgan fingerprint density at radius 3 is 2.64 bits per heavy atom. The molecule has 1 aromatic carbocycles. The number of nitrogens with one attached hydrogen (secondary N) is 1. The number of phenolic OH excluding ortho intramolecular Hbond substituents is 2. The maximum absolute atomic E-state index is 13.8. The van der Waals surface area contributed by atoms with E-state index < -0.39 is 81.3 Å². The minimum Gasteiger partial charge on any atom is -0.504 e. The lowest BCUT2D eigenvalue weighted by atomic mass is 9.90. The Morgan fingerprint density at radius 1 is 1.22 bits per heavy atom. The summed E-state index contributed by atoms with van der Waals surface area (Å²) in [5, 5.41) is 51.8. The number of aromatic nitrogens is 3. The number of nitrogen functional groups attached to an aromatic ring is 1. The molecule has 3 aliphatic heterocycles. The van der Waals surface area contributed by atoms with Crippen LogP contribution in [0.15, 0.2) is 46.5 Å². The normalized spacial score (nSPS) is 22.0. The van der Waals surface area contributed by atoms with Crippen molar-refractivity contribution in [3.05, 3.63) is 52.5 Å². The van der Waals surface area contributed by atoms with Crippen molar-refractivity contribution >= 4 is 87.3 Å². The zero-order valence-corrected chi connectivity index (χ0v) is 33.4. The minimum atomic E-state index is -1.88. The van der Waals surface area contributed by atoms with Crippen LogP contribution in [0.3, 0.4) is 0 Å². The van der Waals surface area contributed by atoms with Crippen LogP contribution >= 0.6 is 34.7 Å². The first-order chi connectivity index (χ1) is 27.3. The number of thiazole rings is 1. The zero-order chi connectivity index (χ0) is 42.3. The number of anilines is 1. The molecule has 0 aliphatic carbocycles. The number of hydrogen-bond donors (Lipinski definition) is 6. The molecule has 5 heterocycles. The van der Waals surface area contributed by atoms with Crippen molar-refractivity contribution in [1.29, 1.82) is 0 Å². The second-order valence-corrected chi connectivity index (χ2v) is 16.7. The van der Waals surface area contributed by atoms with Gasteiger partial charge >= 0.3 is 18.0 Å². The summed E-state index contributed by atoms with van der Waals surface area (Å²) in [4.78, 5) is 87.5. The fourth-order valence-corrected chi connectivity index (χ4v) is 8.77. The Morgan fingerprint density at radius 2 is 1.97 bits per heavy atom. The number of imidazole rings is 1. The minimum absolute atomic E-state index is 0.00173. The highest BCUT2D eigenvalue weighted by Crippen LogP contribution is 2.53. The molecule has 1 unspecified atom stereocenters. The van der Waals surface area contributed by atoms with Crippen LogP contribution in [0.5, 0.6) is 11.5 Å². The van der Waals surface area contributed by atoms with Gasteiger partial charge in [-0.15, -0.1) is 11.3 Å². The second-order valence-electron chi connectivity index (χ2n) is 14.0. The molecule has 0 saturated carbocycles. The van der Waals surface area contributed by atoms with E-state index in [1.165, 1.54) is 46.3 Å². The molecule has 3 aliphatic rings. The van der Waals surface area contributed by atoms with E-state index in [-0.39, 0.29) is 53.3 Å². The van der Waals surface area contributed by atoms with E-state index >= 15 is 0 Å². The van der Waals surface area contributed by atoms with E-state index in [1.54, 1.807) is 34.8 Å². The second kappa shape index (κ2) is 16.1. The number of halogens is 1. The van der Waals surface area contributed by atoms with Gasteiger partial charge in [-0.05, 0) is 32.9 Å². The molecule has 7 N–H and O–H groups in total. The number of fused-ring (bicyclic) bond motifs is 1. The third kappa shape index (κ3) is 7.96. The number of benzene rings is 1. The number of urea groups is 1. The fraction of sp³-hybridized carbons (Fsp3) is 0.412. The van der Waals surface area contributed by atoms with Gasteiger partial charge in [0.15, 0.2) is 28.1 Å². The first-order valence-electron chi connectivity index (χ1n) is 17.5. The van der Waals surface area contributed by atoms with Crippen molar-refractivity contribution in [2.24, 2.45) is 16.2 Å². The number of nitrogens with two attached hydrogens (primary N) is 1. The molecule has 3 fully saturated rings. The lowest BCUT2D eigenvalue weighted by Crippen LogP contribution is -2.59. The molecule has 2 aromatic heterocycles. The molecule has 21 nitrogen and oxygen atoms in total. The van der Waals surface area contributed by atoms with Crippen LogP contribution in [0.1, 0.15) is 43.2 Å². The van der Waals surface area contributed by atoms with Crippen molar-refractivity contribution in [2.75, 3.05) is 25.4 Å². The summed E-state index contributed by atoms with van der Waals surface area (Å²) >= 11 is 7.85. The number of nitrogens with zero attached hydrogens (tertiary/aromatic N) is 8. The number of carboxylic acid groups (broad SMARTS) is 2. The monoisotopic (exact) mass is 861 g/mol. The number of aromatic hydroxyl groups is 2. The largest absolute Gasteiger partial charge is 0.504 e. The number of carbonyl (C=O) groups excluding carboxylic acids is 4. The molecule has 4 amide bonds. The zero-order valence-electron chi connectivity index (χ0n) is 31.0. The van der Waals surface area contributed by atoms with Gasteiger partial charge in [0.2, 0.25) is 22.7 Å². The van der Waals surface area contributed by atoms with Crippen molar-refractivity contribution < 1.29 is 58.6 Å². The average Bonchev–Trinajstić information content (AvgIpc) is 3.96. The van der Waals surface area contributed by atoms with Gasteiger partial charge in [0.25, 0.3) is 5.91 Å². The number of phenols is 2. The molecule has 58 heavy (non-hydrogen) atoms. The predicted octanol–water partition coefficient (Wildman–Crippen LogP) is 0.976. The summed E-state index contributed by atoms with van der Waals surface area (Å²) in [6, 6.07) is 1.23. The molecule has 3 saturated heterocycles. The number of Topliss-reactive ketones (excluding diaryl/α,β-unsaturated/α-hetero) is 1. The first kappa shape index (κ1) is 41.7. The Labute approximate surface area is 342 Å². The van der Waals surface area contributed by atoms with Crippen LogP contribution in [0.4, 0.5) is 9.93 Å². The van der Waals surface area contributed by atoms with Gasteiger partial charge in [-0.2, -0.15) is 5.10 Å². The molecular weight excluding hydrogens is 824 g/mol. The lowest BCUT2D eigenvalue weighted by Gasteiger charge is -2.40. The predicted molar refractivity (Wildman–Crippen MR) is 206 cm³/mol. The quantitative estimate of drug-likeness (QED) is 0.0385. The highest BCUT2D eigenvalue weighted by molar-refractivity contribution is 8.02. The summed E-state index contributed by atoms with van der Waals surface area (Å²) in [7, 11) is 0. The molecule has 0 bridgehead atoms. The SMILES string of the molecule is C[C@H]1CN(C2(C(=O)O)CN3C(=O)[C@@H](CC(=O)/C(=N\OC(C)(C)C(=O)O)c4csc(N)n4)[C@H]3S2)C(=O)N1/N=C/C[n+]1ccn(CCNC(=O)c2ccc(O)c(O)c2Cl)c1. The van der Waals surface area contributed by atoms with Crippen molar-refractivity contribution in [1.82, 2.24) is 29.7 Å². The van der Waals surface area contributed by atoms with Gasteiger partial charge in [0.05, 0.1) is 47.2 Å². The van der Waals surface area contributed by atoms with Gasteiger partial charge in [-0.1, -0.05) is 28.5 Å². The van der Waals surface area contributed by atoms with Crippen molar-refractivity contribution in [2.45, 2.75) is 62.2 Å². The van der Waals surface area contributed by atoms with Crippen LogP contribution < -0.4 is 15.6 Å². The van der Waals surface area contributed by atoms with Crippen molar-refractivity contribution in [3.63, 3.8) is 0 Å². The number of β-lactam (4-membered cyclic amide) rings is 1. The maximum Gasteiger partial charge on any atom is 0.350 e. The van der Waals surface area contributed by atoms with Crippen LogP contribution in [-0.4, -0.2) is 134 Å². The van der Waals surface area contributed by atoms with Gasteiger partial charge in [0, 0.05) is 18.3 Å². The van der Waals surface area contributed by atoms with Crippen molar-refractivity contribution in [3.8, 4) is 11.5 Å². The Balaban J connectivity index is 1.06. The molecule has 0 radical (unpaired) electrons. The van der Waals surface area contributed by atoms with Gasteiger partial charge in [-0.25, -0.2) is 33.5 Å². The van der Waals surface area contributed by atoms with Gasteiger partial charge < -0.3 is 41.2 Å². The summed E-state index contributed by atoms with van der Waals surface area (Å²) in [6.45, 7) is 4.63. The Hall–Kier alpha value is -5.94. The lowest BCUT2D eigenvalue weighted by molar-refractivity contribution is -0.680. The van der Waals surface area contributed by atoms with Crippen LogP contribution in [0, 0.1) is 5.92 Å². The topological polar surface area (TPSA) is 287 Å². The van der Waals surface area contributed by atoms with E-state index in [1.807, 2.05) is 0 Å². The number of amides is 4. The number of carbonyl (C=O) groups is 6. The van der Waals surface area contributed by atoms with Crippen LogP contribution in [0.25, 0.3) is 0 Å². The Bertz CT molecular complexity index is 2250. The molecule has 0 spiro atoms. The summed E-state index contributed by atoms with van der Waals surface area (Å²) in [5.74, 6) is -6.45. The van der Waals surface area contributed by atoms with E-state index in [0.717, 1.165) is 29.2 Å². The van der Waals surface area contributed by atoms with E-state index in [9.17, 15) is 49.2 Å². The molecule has 4 atom stereocenters. The summed E-state index contributed by atoms with van der Waals surface area (Å²) in [5.41, 5.74) is 3.61. The highest BCUT2D eigenvalue weighted by atomic mass is 35.5.